The standard InChI is InChI=1S/C21H31N5/c1-15-8-7-9-18(17(15)3)25-10-12-26(13-11-25)20-22-16(2)14-19(23-20)24-21(4,5)6/h7-9,14H,10-13H2,1-6H3,(H,22,23,24). The minimum absolute atomic E-state index is 0.0144. The molecule has 5 nitrogen and oxygen atoms in total. The summed E-state index contributed by atoms with van der Waals surface area (Å²) in [5, 5.41) is 3.46. The van der Waals surface area contributed by atoms with E-state index in [0.717, 1.165) is 43.6 Å². The Morgan fingerprint density at radius 3 is 2.23 bits per heavy atom. The highest BCUT2D eigenvalue weighted by atomic mass is 15.3. The minimum atomic E-state index is -0.0144. The molecular formula is C21H31N5. The lowest BCUT2D eigenvalue weighted by molar-refractivity contribution is 0.623. The zero-order chi connectivity index (χ0) is 18.9. The second-order valence-corrected chi connectivity index (χ2v) is 8.26. The number of rotatable bonds is 3. The maximum absolute atomic E-state index is 4.76. The van der Waals surface area contributed by atoms with E-state index in [0.29, 0.717) is 0 Å². The molecule has 3 rings (SSSR count). The molecule has 1 saturated heterocycles. The first-order valence-electron chi connectivity index (χ1n) is 9.43. The summed E-state index contributed by atoms with van der Waals surface area (Å²) in [4.78, 5) is 14.2. The van der Waals surface area contributed by atoms with E-state index in [4.69, 9.17) is 4.98 Å². The van der Waals surface area contributed by atoms with E-state index in [2.05, 4.69) is 72.9 Å². The molecule has 0 atom stereocenters. The Morgan fingerprint density at radius 2 is 1.58 bits per heavy atom. The smallest absolute Gasteiger partial charge is 0.227 e. The fourth-order valence-corrected chi connectivity index (χ4v) is 3.37. The SMILES string of the molecule is Cc1cc(NC(C)(C)C)nc(N2CCN(c3cccc(C)c3C)CC2)n1. The third-order valence-corrected chi connectivity index (χ3v) is 4.82. The predicted octanol–water partition coefficient (Wildman–Crippen LogP) is 3.94. The van der Waals surface area contributed by atoms with Crippen molar-refractivity contribution in [1.82, 2.24) is 9.97 Å². The Labute approximate surface area is 157 Å². The number of aromatic nitrogens is 2. The molecule has 1 aliphatic heterocycles. The Balaban J connectivity index is 1.73. The van der Waals surface area contributed by atoms with Crippen LogP contribution in [-0.2, 0) is 0 Å². The average Bonchev–Trinajstić information content (AvgIpc) is 2.55. The molecule has 1 fully saturated rings. The molecule has 2 aromatic rings. The monoisotopic (exact) mass is 353 g/mol. The van der Waals surface area contributed by atoms with Gasteiger partial charge in [-0.15, -0.1) is 0 Å². The van der Waals surface area contributed by atoms with Gasteiger partial charge >= 0.3 is 0 Å². The van der Waals surface area contributed by atoms with Crippen molar-refractivity contribution in [2.24, 2.45) is 0 Å². The van der Waals surface area contributed by atoms with Gasteiger partial charge in [-0.1, -0.05) is 12.1 Å². The minimum Gasteiger partial charge on any atom is -0.368 e. The van der Waals surface area contributed by atoms with Crippen LogP contribution in [0.3, 0.4) is 0 Å². The fraction of sp³-hybridized carbons (Fsp3) is 0.524. The van der Waals surface area contributed by atoms with Crippen molar-refractivity contribution in [3.05, 3.63) is 41.1 Å². The number of benzene rings is 1. The van der Waals surface area contributed by atoms with Gasteiger partial charge in [0.25, 0.3) is 0 Å². The normalized spacial score (nSPS) is 15.3. The van der Waals surface area contributed by atoms with Crippen molar-refractivity contribution in [1.29, 1.82) is 0 Å². The number of nitrogens with one attached hydrogen (secondary N) is 1. The van der Waals surface area contributed by atoms with Gasteiger partial charge in [0.15, 0.2) is 0 Å². The topological polar surface area (TPSA) is 44.3 Å². The van der Waals surface area contributed by atoms with Gasteiger partial charge in [0.1, 0.15) is 5.82 Å². The third-order valence-electron chi connectivity index (χ3n) is 4.82. The number of piperazine rings is 1. The number of anilines is 3. The molecule has 0 bridgehead atoms. The van der Waals surface area contributed by atoms with Gasteiger partial charge in [0.05, 0.1) is 0 Å². The number of nitrogens with zero attached hydrogens (tertiary/aromatic N) is 4. The predicted molar refractivity (Wildman–Crippen MR) is 110 cm³/mol. The first-order chi connectivity index (χ1) is 12.2. The maximum atomic E-state index is 4.76. The molecule has 0 unspecified atom stereocenters. The second-order valence-electron chi connectivity index (χ2n) is 8.26. The van der Waals surface area contributed by atoms with Gasteiger partial charge < -0.3 is 15.1 Å². The molecule has 5 heteroatoms. The lowest BCUT2D eigenvalue weighted by Crippen LogP contribution is -2.47. The van der Waals surface area contributed by atoms with Crippen molar-refractivity contribution in [2.75, 3.05) is 41.3 Å². The molecule has 140 valence electrons. The van der Waals surface area contributed by atoms with Crippen molar-refractivity contribution >= 4 is 17.5 Å². The Kier molecular flexibility index (Phi) is 5.08. The van der Waals surface area contributed by atoms with Gasteiger partial charge in [0, 0.05) is 49.2 Å². The highest BCUT2D eigenvalue weighted by Crippen LogP contribution is 2.25. The van der Waals surface area contributed by atoms with Gasteiger partial charge in [-0.25, -0.2) is 4.98 Å². The third kappa shape index (κ3) is 4.26. The molecule has 1 N–H and O–H groups in total. The van der Waals surface area contributed by atoms with E-state index in [1.54, 1.807) is 0 Å². The summed E-state index contributed by atoms with van der Waals surface area (Å²) in [7, 11) is 0. The van der Waals surface area contributed by atoms with Crippen molar-refractivity contribution in [3.8, 4) is 0 Å². The molecule has 0 amide bonds. The Bertz CT molecular complexity index is 770. The maximum Gasteiger partial charge on any atom is 0.227 e. The molecule has 0 saturated carbocycles. The zero-order valence-electron chi connectivity index (χ0n) is 16.9. The number of hydrogen-bond acceptors (Lipinski definition) is 5. The summed E-state index contributed by atoms with van der Waals surface area (Å²) in [6.07, 6.45) is 0. The number of aryl methyl sites for hydroxylation is 2. The van der Waals surface area contributed by atoms with E-state index in [1.165, 1.54) is 16.8 Å². The largest absolute Gasteiger partial charge is 0.368 e. The molecule has 0 spiro atoms. The van der Waals surface area contributed by atoms with Crippen LogP contribution < -0.4 is 15.1 Å². The molecule has 1 aliphatic rings. The summed E-state index contributed by atoms with van der Waals surface area (Å²) in [5.74, 6) is 1.73. The van der Waals surface area contributed by atoms with Crippen LogP contribution in [0.25, 0.3) is 0 Å². The highest BCUT2D eigenvalue weighted by molar-refractivity contribution is 5.57. The van der Waals surface area contributed by atoms with Crippen LogP contribution >= 0.6 is 0 Å². The van der Waals surface area contributed by atoms with Crippen LogP contribution in [-0.4, -0.2) is 41.7 Å². The van der Waals surface area contributed by atoms with Crippen LogP contribution in [0, 0.1) is 20.8 Å². The van der Waals surface area contributed by atoms with Gasteiger partial charge in [0.2, 0.25) is 5.95 Å². The summed E-state index contributed by atoms with van der Waals surface area (Å²) >= 11 is 0. The number of hydrogen-bond donors (Lipinski definition) is 1. The lowest BCUT2D eigenvalue weighted by atomic mass is 10.1. The second kappa shape index (κ2) is 7.14. The van der Waals surface area contributed by atoms with Crippen LogP contribution in [0.2, 0.25) is 0 Å². The highest BCUT2D eigenvalue weighted by Gasteiger charge is 2.21. The first-order valence-corrected chi connectivity index (χ1v) is 9.43. The Morgan fingerprint density at radius 1 is 0.923 bits per heavy atom. The van der Waals surface area contributed by atoms with Crippen molar-refractivity contribution in [3.63, 3.8) is 0 Å². The van der Waals surface area contributed by atoms with Crippen LogP contribution in [0.4, 0.5) is 17.5 Å². The lowest BCUT2D eigenvalue weighted by Gasteiger charge is -2.37. The summed E-state index contributed by atoms with van der Waals surface area (Å²) < 4.78 is 0. The summed E-state index contributed by atoms with van der Waals surface area (Å²) in [6.45, 7) is 16.7. The molecule has 0 radical (unpaired) electrons. The van der Waals surface area contributed by atoms with Gasteiger partial charge in [-0.3, -0.25) is 0 Å². The molecule has 0 aliphatic carbocycles. The van der Waals surface area contributed by atoms with E-state index < -0.39 is 0 Å². The van der Waals surface area contributed by atoms with E-state index in [1.807, 2.05) is 13.0 Å². The van der Waals surface area contributed by atoms with E-state index in [9.17, 15) is 0 Å². The molecule has 26 heavy (non-hydrogen) atoms. The quantitative estimate of drug-likeness (QED) is 0.905. The van der Waals surface area contributed by atoms with Crippen LogP contribution in [0.5, 0.6) is 0 Å². The average molecular weight is 354 g/mol. The van der Waals surface area contributed by atoms with Crippen molar-refractivity contribution < 1.29 is 0 Å². The van der Waals surface area contributed by atoms with Crippen molar-refractivity contribution in [2.45, 2.75) is 47.1 Å². The molecular weight excluding hydrogens is 322 g/mol. The van der Waals surface area contributed by atoms with Crippen LogP contribution in [0.15, 0.2) is 24.3 Å². The van der Waals surface area contributed by atoms with E-state index >= 15 is 0 Å². The van der Waals surface area contributed by atoms with Crippen LogP contribution in [0.1, 0.15) is 37.6 Å². The molecule has 1 aromatic heterocycles. The van der Waals surface area contributed by atoms with Gasteiger partial charge in [-0.05, 0) is 58.7 Å². The molecule has 2 heterocycles. The fourth-order valence-electron chi connectivity index (χ4n) is 3.37. The van der Waals surface area contributed by atoms with Gasteiger partial charge in [-0.2, -0.15) is 4.98 Å². The van der Waals surface area contributed by atoms with E-state index in [-0.39, 0.29) is 5.54 Å². The summed E-state index contributed by atoms with van der Waals surface area (Å²) in [6, 6.07) is 8.57. The zero-order valence-corrected chi connectivity index (χ0v) is 16.9. The summed E-state index contributed by atoms with van der Waals surface area (Å²) in [5.41, 5.74) is 5.07. The first kappa shape index (κ1) is 18.5. The Hall–Kier alpha value is -2.30. The molecule has 1 aromatic carbocycles.